The van der Waals surface area contributed by atoms with Crippen LogP contribution in [0.4, 0.5) is 0 Å². The van der Waals surface area contributed by atoms with Crippen LogP contribution in [0, 0.1) is 5.92 Å². The van der Waals surface area contributed by atoms with E-state index in [2.05, 4.69) is 0 Å². The van der Waals surface area contributed by atoms with E-state index in [-0.39, 0.29) is 18.4 Å². The molecule has 1 saturated carbocycles. The van der Waals surface area contributed by atoms with Crippen LogP contribution in [0.25, 0.3) is 0 Å². The van der Waals surface area contributed by atoms with Crippen molar-refractivity contribution >= 4 is 24.0 Å². The van der Waals surface area contributed by atoms with Crippen molar-refractivity contribution in [2.75, 3.05) is 0 Å². The van der Waals surface area contributed by atoms with Crippen molar-refractivity contribution in [1.82, 2.24) is 0 Å². The lowest BCUT2D eigenvalue weighted by atomic mass is 10.1. The van der Waals surface area contributed by atoms with Crippen LogP contribution in [-0.2, 0) is 0 Å². The van der Waals surface area contributed by atoms with Crippen molar-refractivity contribution < 1.29 is 4.42 Å². The lowest BCUT2D eigenvalue weighted by Crippen LogP contribution is -2.10. The molecule has 0 amide bonds. The van der Waals surface area contributed by atoms with Gasteiger partial charge in [-0.15, -0.1) is 12.4 Å². The second-order valence-electron chi connectivity index (χ2n) is 3.01. The first-order valence-corrected chi connectivity index (χ1v) is 4.16. The third kappa shape index (κ3) is 1.94. The summed E-state index contributed by atoms with van der Waals surface area (Å²) in [6.07, 6.45) is 2.44. The third-order valence-electron chi connectivity index (χ3n) is 2.05. The van der Waals surface area contributed by atoms with Gasteiger partial charge in [-0.1, -0.05) is 0 Å². The molecule has 1 heterocycles. The molecule has 0 saturated heterocycles. The van der Waals surface area contributed by atoms with Crippen LogP contribution in [0.2, 0.25) is 5.22 Å². The fourth-order valence-corrected chi connectivity index (χ4v) is 1.35. The van der Waals surface area contributed by atoms with Gasteiger partial charge in [0, 0.05) is 0 Å². The van der Waals surface area contributed by atoms with E-state index in [1.54, 1.807) is 6.07 Å². The van der Waals surface area contributed by atoms with E-state index in [1.807, 2.05) is 6.07 Å². The Bertz CT molecular complexity index is 257. The van der Waals surface area contributed by atoms with E-state index < -0.39 is 0 Å². The van der Waals surface area contributed by atoms with E-state index >= 15 is 0 Å². The standard InChI is InChI=1S/C8H10ClNO.ClH/c9-7-4-3-6(11-7)8(10)5-1-2-5;/h3-5,8H,1-2,10H2;1H/t8-;/m1./s1. The first-order chi connectivity index (χ1) is 5.27. The van der Waals surface area contributed by atoms with E-state index in [0.29, 0.717) is 11.1 Å². The largest absolute Gasteiger partial charge is 0.448 e. The highest BCUT2D eigenvalue weighted by Gasteiger charge is 2.31. The van der Waals surface area contributed by atoms with Gasteiger partial charge in [-0.05, 0) is 42.5 Å². The molecular formula is C8H11Cl2NO. The molecule has 1 aromatic heterocycles. The van der Waals surface area contributed by atoms with Gasteiger partial charge in [0.15, 0.2) is 5.22 Å². The highest BCUT2D eigenvalue weighted by Crippen LogP contribution is 2.40. The minimum Gasteiger partial charge on any atom is -0.448 e. The van der Waals surface area contributed by atoms with E-state index in [0.717, 1.165) is 5.76 Å². The smallest absolute Gasteiger partial charge is 0.193 e. The summed E-state index contributed by atoms with van der Waals surface area (Å²) in [7, 11) is 0. The van der Waals surface area contributed by atoms with Crippen molar-refractivity contribution in [1.29, 1.82) is 0 Å². The predicted molar refractivity (Wildman–Crippen MR) is 50.6 cm³/mol. The minimum absolute atomic E-state index is 0. The summed E-state index contributed by atoms with van der Waals surface area (Å²) in [5.74, 6) is 1.44. The van der Waals surface area contributed by atoms with Gasteiger partial charge in [0.25, 0.3) is 0 Å². The maximum atomic E-state index is 5.86. The summed E-state index contributed by atoms with van der Waals surface area (Å²) < 4.78 is 5.19. The van der Waals surface area contributed by atoms with Crippen LogP contribution in [0.3, 0.4) is 0 Å². The van der Waals surface area contributed by atoms with Gasteiger partial charge >= 0.3 is 0 Å². The van der Waals surface area contributed by atoms with E-state index in [9.17, 15) is 0 Å². The normalized spacial score (nSPS) is 18.5. The SMILES string of the molecule is Cl.N[C@@H](c1ccc(Cl)o1)C1CC1. The number of hydrogen-bond donors (Lipinski definition) is 1. The Morgan fingerprint density at radius 1 is 1.50 bits per heavy atom. The summed E-state index contributed by atoms with van der Waals surface area (Å²) >= 11 is 5.61. The molecule has 0 aliphatic heterocycles. The lowest BCUT2D eigenvalue weighted by Gasteiger charge is -2.04. The molecular weight excluding hydrogens is 197 g/mol. The zero-order chi connectivity index (χ0) is 7.84. The topological polar surface area (TPSA) is 39.2 Å². The maximum Gasteiger partial charge on any atom is 0.193 e. The molecule has 0 aromatic carbocycles. The Morgan fingerprint density at radius 2 is 2.17 bits per heavy atom. The minimum atomic E-state index is 0. The van der Waals surface area contributed by atoms with Gasteiger partial charge in [-0.2, -0.15) is 0 Å². The number of nitrogens with two attached hydrogens (primary N) is 1. The van der Waals surface area contributed by atoms with Gasteiger partial charge in [-0.25, -0.2) is 0 Å². The highest BCUT2D eigenvalue weighted by atomic mass is 35.5. The molecule has 12 heavy (non-hydrogen) atoms. The van der Waals surface area contributed by atoms with Crippen LogP contribution in [0.15, 0.2) is 16.5 Å². The number of rotatable bonds is 2. The second kappa shape index (κ2) is 3.69. The molecule has 0 radical (unpaired) electrons. The van der Waals surface area contributed by atoms with Gasteiger partial charge < -0.3 is 10.2 Å². The first kappa shape index (κ1) is 9.90. The molecule has 68 valence electrons. The van der Waals surface area contributed by atoms with Crippen molar-refractivity contribution in [3.05, 3.63) is 23.1 Å². The fraction of sp³-hybridized carbons (Fsp3) is 0.500. The van der Waals surface area contributed by atoms with Crippen molar-refractivity contribution in [3.8, 4) is 0 Å². The molecule has 4 heteroatoms. The molecule has 0 bridgehead atoms. The summed E-state index contributed by atoms with van der Waals surface area (Å²) in [6, 6.07) is 3.65. The maximum absolute atomic E-state index is 5.86. The van der Waals surface area contributed by atoms with Gasteiger partial charge in [0.05, 0.1) is 6.04 Å². The van der Waals surface area contributed by atoms with Gasteiger partial charge in [0.2, 0.25) is 0 Å². The molecule has 2 rings (SSSR count). The molecule has 1 fully saturated rings. The van der Waals surface area contributed by atoms with Crippen molar-refractivity contribution in [3.63, 3.8) is 0 Å². The number of hydrogen-bond acceptors (Lipinski definition) is 2. The molecule has 1 atom stereocenters. The average Bonchev–Trinajstić information content (AvgIpc) is 2.74. The van der Waals surface area contributed by atoms with Crippen molar-refractivity contribution in [2.24, 2.45) is 11.7 Å². The Morgan fingerprint density at radius 3 is 2.58 bits per heavy atom. The zero-order valence-electron chi connectivity index (χ0n) is 6.50. The predicted octanol–water partition coefficient (Wildman–Crippen LogP) is 2.76. The molecule has 0 unspecified atom stereocenters. The molecule has 1 aliphatic rings. The number of halogens is 2. The fourth-order valence-electron chi connectivity index (χ4n) is 1.20. The Hall–Kier alpha value is -0.180. The molecule has 0 spiro atoms. The third-order valence-corrected chi connectivity index (χ3v) is 2.26. The molecule has 1 aliphatic carbocycles. The Kier molecular flexibility index (Phi) is 3.04. The molecule has 2 N–H and O–H groups in total. The average molecular weight is 208 g/mol. The highest BCUT2D eigenvalue weighted by molar-refractivity contribution is 6.28. The van der Waals surface area contributed by atoms with Crippen LogP contribution in [0.5, 0.6) is 0 Å². The van der Waals surface area contributed by atoms with E-state index in [4.69, 9.17) is 21.8 Å². The summed E-state index contributed by atoms with van der Waals surface area (Å²) in [4.78, 5) is 0. The monoisotopic (exact) mass is 207 g/mol. The molecule has 2 nitrogen and oxygen atoms in total. The van der Waals surface area contributed by atoms with Gasteiger partial charge in [0.1, 0.15) is 5.76 Å². The summed E-state index contributed by atoms with van der Waals surface area (Å²) in [5.41, 5.74) is 5.86. The van der Waals surface area contributed by atoms with Gasteiger partial charge in [-0.3, -0.25) is 0 Å². The molecule has 1 aromatic rings. The van der Waals surface area contributed by atoms with Crippen LogP contribution < -0.4 is 5.73 Å². The zero-order valence-corrected chi connectivity index (χ0v) is 8.07. The van der Waals surface area contributed by atoms with Crippen molar-refractivity contribution in [2.45, 2.75) is 18.9 Å². The van der Waals surface area contributed by atoms with Crippen LogP contribution in [-0.4, -0.2) is 0 Å². The summed E-state index contributed by atoms with van der Waals surface area (Å²) in [6.45, 7) is 0. The van der Waals surface area contributed by atoms with Crippen LogP contribution >= 0.6 is 24.0 Å². The Balaban J connectivity index is 0.000000720. The second-order valence-corrected chi connectivity index (χ2v) is 3.38. The van der Waals surface area contributed by atoms with Crippen LogP contribution in [0.1, 0.15) is 24.6 Å². The first-order valence-electron chi connectivity index (χ1n) is 3.78. The summed E-state index contributed by atoms with van der Waals surface area (Å²) in [5, 5.41) is 0.427. The quantitative estimate of drug-likeness (QED) is 0.811. The Labute approximate surface area is 82.5 Å². The number of furan rings is 1. The van der Waals surface area contributed by atoms with E-state index in [1.165, 1.54) is 12.8 Å². The lowest BCUT2D eigenvalue weighted by molar-refractivity contribution is 0.444.